The lowest BCUT2D eigenvalue weighted by Crippen LogP contribution is -2.30. The first-order valence-electron chi connectivity index (χ1n) is 42.5. The fourth-order valence-electron chi connectivity index (χ4n) is 17.7. The highest BCUT2D eigenvalue weighted by atomic mass is 32.1. The van der Waals surface area contributed by atoms with Gasteiger partial charge in [-0.15, -0.1) is 45.3 Å². The van der Waals surface area contributed by atoms with Crippen LogP contribution in [-0.4, -0.2) is 89.3 Å². The molecular formula is C100H98N8O4S4. The Balaban J connectivity index is 0.807. The topological polar surface area (TPSA) is 139 Å². The average molecular weight is 1600 g/mol. The minimum Gasteiger partial charge on any atom is -0.353 e. The predicted octanol–water partition coefficient (Wildman–Crippen LogP) is 25.4. The highest BCUT2D eigenvalue weighted by Gasteiger charge is 2.51. The van der Waals surface area contributed by atoms with Crippen LogP contribution in [0.1, 0.15) is 222 Å². The summed E-state index contributed by atoms with van der Waals surface area (Å²) in [5.41, 5.74) is 16.5. The summed E-state index contributed by atoms with van der Waals surface area (Å²) in [5.74, 6) is 14.6. The number of fused-ring (bicyclic) bond motifs is 22. The van der Waals surface area contributed by atoms with Crippen LogP contribution in [0, 0.1) is 23.7 Å². The third kappa shape index (κ3) is 15.1. The first-order chi connectivity index (χ1) is 57.1. The number of H-pyrrole nitrogens is 2. The molecule has 4 amide bonds. The third-order valence-electron chi connectivity index (χ3n) is 23.5. The van der Waals surface area contributed by atoms with Crippen molar-refractivity contribution in [3.8, 4) is 68.7 Å². The summed E-state index contributed by atoms with van der Waals surface area (Å²) < 4.78 is 0. The molecule has 0 atom stereocenters. The summed E-state index contributed by atoms with van der Waals surface area (Å²) >= 11 is 6.22. The Hall–Kier alpha value is -10.7. The Kier molecular flexibility index (Phi) is 23.7. The monoisotopic (exact) mass is 1600 g/mol. The van der Waals surface area contributed by atoms with Crippen molar-refractivity contribution in [1.82, 2.24) is 39.5 Å². The Morgan fingerprint density at radius 3 is 0.966 bits per heavy atom. The van der Waals surface area contributed by atoms with Gasteiger partial charge in [0.2, 0.25) is 0 Å². The zero-order chi connectivity index (χ0) is 79.2. The number of aromatic nitrogens is 4. The van der Waals surface area contributed by atoms with Gasteiger partial charge in [0, 0.05) is 81.0 Å². The summed E-state index contributed by atoms with van der Waals surface area (Å²) in [6, 6.07) is 54.4. The van der Waals surface area contributed by atoms with Crippen molar-refractivity contribution >= 4 is 135 Å². The molecule has 7 aromatic heterocycles. The number of aromatic amines is 2. The molecule has 0 saturated carbocycles. The van der Waals surface area contributed by atoms with Crippen LogP contribution in [0.2, 0.25) is 0 Å². The Morgan fingerprint density at radius 1 is 0.319 bits per heavy atom. The molecular weight excluding hydrogens is 1510 g/mol. The number of carbonyl (C=O) groups excluding carboxylic acids is 4. The number of benzene rings is 4. The van der Waals surface area contributed by atoms with E-state index in [-0.39, 0.29) is 23.6 Å². The maximum Gasteiger partial charge on any atom is 0.261 e. The van der Waals surface area contributed by atoms with Gasteiger partial charge in [0.25, 0.3) is 23.6 Å². The van der Waals surface area contributed by atoms with Gasteiger partial charge in [-0.1, -0.05) is 289 Å². The molecule has 0 radical (unpaired) electrons. The molecule has 0 saturated heterocycles. The molecule has 16 heteroatoms. The number of hydrogen-bond acceptors (Lipinski definition) is 10. The second kappa shape index (κ2) is 35.4. The van der Waals surface area contributed by atoms with E-state index in [1.165, 1.54) is 74.0 Å². The highest BCUT2D eigenvalue weighted by Crippen LogP contribution is 2.52. The number of hydrogen-bond donors (Lipinski definition) is 2. The van der Waals surface area contributed by atoms with Gasteiger partial charge in [0.05, 0.1) is 119 Å². The van der Waals surface area contributed by atoms with Crippen molar-refractivity contribution in [3.05, 3.63) is 231 Å². The van der Waals surface area contributed by atoms with Gasteiger partial charge >= 0.3 is 0 Å². The summed E-state index contributed by atoms with van der Waals surface area (Å²) in [7, 11) is 0. The molecule has 6 aliphatic heterocycles. The first kappa shape index (κ1) is 77.8. The second-order valence-corrected chi connectivity index (χ2v) is 35.4. The van der Waals surface area contributed by atoms with E-state index in [4.69, 9.17) is 9.97 Å². The van der Waals surface area contributed by atoms with E-state index in [9.17, 15) is 0 Å². The normalized spacial score (nSPS) is 14.4. The minimum absolute atomic E-state index is 0.0964. The largest absolute Gasteiger partial charge is 0.353 e. The fourth-order valence-corrected chi connectivity index (χ4v) is 21.1. The number of rotatable bonds is 32. The van der Waals surface area contributed by atoms with Gasteiger partial charge < -0.3 is 29.6 Å². The zero-order valence-electron chi connectivity index (χ0n) is 66.9. The maximum atomic E-state index is 15.4. The van der Waals surface area contributed by atoms with Crippen molar-refractivity contribution in [1.29, 1.82) is 0 Å². The van der Waals surface area contributed by atoms with Gasteiger partial charge in [-0.05, 0) is 85.0 Å². The number of nitrogens with one attached hydrogen (secondary N) is 2. The summed E-state index contributed by atoms with van der Waals surface area (Å²) in [6.45, 7) is 11.1. The quantitative estimate of drug-likeness (QED) is 0.0318. The number of unbranched alkanes of at least 4 members (excludes halogenated alkanes) is 20. The fraction of sp³-hybridized carbons (Fsp3) is 0.320. The van der Waals surface area contributed by atoms with Crippen molar-refractivity contribution in [2.45, 2.75) is 182 Å². The Bertz CT molecular complexity index is 5720. The molecule has 11 aromatic rings. The predicted molar refractivity (Wildman–Crippen MR) is 482 cm³/mol. The lowest BCUT2D eigenvalue weighted by atomic mass is 10.0. The third-order valence-corrected chi connectivity index (χ3v) is 27.3. The van der Waals surface area contributed by atoms with E-state index < -0.39 is 0 Å². The van der Waals surface area contributed by atoms with E-state index in [0.29, 0.717) is 71.0 Å². The van der Waals surface area contributed by atoms with Crippen LogP contribution >= 0.6 is 45.3 Å². The van der Waals surface area contributed by atoms with Gasteiger partial charge in [-0.3, -0.25) is 19.2 Å². The molecule has 2 N–H and O–H groups in total. The molecule has 116 heavy (non-hydrogen) atoms. The van der Waals surface area contributed by atoms with Crippen LogP contribution in [0.5, 0.6) is 0 Å². The van der Waals surface area contributed by atoms with Crippen LogP contribution in [-0.2, 0) is 19.2 Å². The van der Waals surface area contributed by atoms with Crippen LogP contribution in [0.4, 0.5) is 0 Å². The molecule has 13 heterocycles. The van der Waals surface area contributed by atoms with E-state index in [0.717, 1.165) is 232 Å². The van der Waals surface area contributed by atoms with Gasteiger partial charge in [-0.25, -0.2) is 9.97 Å². The zero-order valence-corrected chi connectivity index (χ0v) is 70.2. The number of carbonyl (C=O) groups is 4. The van der Waals surface area contributed by atoms with Crippen molar-refractivity contribution in [2.24, 2.45) is 0 Å². The molecule has 6 aliphatic rings. The van der Waals surface area contributed by atoms with Crippen molar-refractivity contribution < 1.29 is 19.2 Å². The van der Waals surface area contributed by atoms with Gasteiger partial charge in [-0.2, -0.15) is 0 Å². The molecule has 0 spiro atoms. The SMILES string of the molecule is CCCCCCCCN1C(=O)C2=C(c3ccc(C#Cc4c5nc(cc6[nH]c(c(C#Cc7ccc(C8=C9C(=O)N(CCCCCCCC)C(c%10cccs%10)=C9C(=O)N8CCCCCCCC)s7)c7nc(cc8[nH]c4c4ccccc84)-c4ccccc4-7)c4ccccc64)-c4ccccc4-5)s3)N(CCCCCCCC)C(=O)C2=C1c1cccs1. The van der Waals surface area contributed by atoms with Crippen LogP contribution in [0.15, 0.2) is 191 Å². The molecule has 8 bridgehead atoms. The smallest absolute Gasteiger partial charge is 0.261 e. The van der Waals surface area contributed by atoms with Crippen molar-refractivity contribution in [2.75, 3.05) is 26.2 Å². The van der Waals surface area contributed by atoms with E-state index >= 15 is 19.2 Å². The van der Waals surface area contributed by atoms with Gasteiger partial charge in [0.15, 0.2) is 0 Å². The first-order valence-corrected chi connectivity index (χ1v) is 45.9. The van der Waals surface area contributed by atoms with E-state index in [1.54, 1.807) is 22.7 Å². The molecule has 0 unspecified atom stereocenters. The van der Waals surface area contributed by atoms with Crippen LogP contribution in [0.3, 0.4) is 0 Å². The Morgan fingerprint density at radius 2 is 0.629 bits per heavy atom. The summed E-state index contributed by atoms with van der Waals surface area (Å²) in [6.07, 6.45) is 26.0. The average Bonchev–Trinajstić information content (AvgIpc) is 1.56. The van der Waals surface area contributed by atoms with Crippen molar-refractivity contribution in [3.63, 3.8) is 0 Å². The molecule has 12 nitrogen and oxygen atoms in total. The number of nitrogens with zero attached hydrogens (tertiary/aromatic N) is 6. The molecule has 0 aliphatic carbocycles. The number of thiophene rings is 4. The highest BCUT2D eigenvalue weighted by molar-refractivity contribution is 7.14. The van der Waals surface area contributed by atoms with Gasteiger partial charge in [0.1, 0.15) is 0 Å². The Labute approximate surface area is 696 Å². The summed E-state index contributed by atoms with van der Waals surface area (Å²) in [4.78, 5) is 93.6. The lowest BCUT2D eigenvalue weighted by molar-refractivity contribution is -0.124. The number of amides is 4. The second-order valence-electron chi connectivity index (χ2n) is 31.3. The van der Waals surface area contributed by atoms with Crippen LogP contribution in [0.25, 0.3) is 111 Å². The lowest BCUT2D eigenvalue weighted by Gasteiger charge is -2.24. The molecule has 4 aromatic carbocycles. The van der Waals surface area contributed by atoms with E-state index in [1.807, 2.05) is 54.6 Å². The maximum absolute atomic E-state index is 15.4. The van der Waals surface area contributed by atoms with E-state index in [2.05, 4.69) is 195 Å². The molecule has 17 rings (SSSR count). The molecule has 586 valence electrons. The molecule has 0 fully saturated rings. The summed E-state index contributed by atoms with van der Waals surface area (Å²) in [5, 5.41) is 7.99. The minimum atomic E-state index is -0.0964. The van der Waals surface area contributed by atoms with Crippen LogP contribution < -0.4 is 0 Å². The standard InChI is InChI=1S/C100H98N8O4S4/c1-5-9-13-17-21-33-57-105-93(81-47-37-61-113-81)85-87(99(105)111)95(107(97(85)109)59-35-23-19-15-11-7-3)83-55-51-65(115-83)49-53-75-89-71-43-29-25-39-67(71)77(101-89)63-79-69-41-27-31-45-73(69)91(103-79)76(92-74-46-32-28-42-70(74)80(104-92)64-78-68-40-26-30-44-72(68)90(75)102-78)54-50-66-52-56-84(116-66)96-88-86(98(110)108(96)60-36-24-20-16-12-8-4)94(82-48-38-62-114-82)106(100(88)112)58-34-22-18-14-10-6-2/h25-32,37-48,51-52,55-56,61-64,101,104H,5-24,33-36,57-60H2,1-4H3.